The van der Waals surface area contributed by atoms with Crippen LogP contribution in [-0.2, 0) is 4.79 Å². The largest absolute Gasteiger partial charge is 0.491 e. The Morgan fingerprint density at radius 3 is 2.65 bits per heavy atom. The zero-order chi connectivity index (χ0) is 12.3. The maximum absolute atomic E-state index is 11.5. The smallest absolute Gasteiger partial charge is 0.238 e. The van der Waals surface area contributed by atoms with Gasteiger partial charge in [-0.25, -0.2) is 0 Å². The van der Waals surface area contributed by atoms with E-state index in [1.165, 1.54) is 0 Å². The Hall–Kier alpha value is -1.22. The Balaban J connectivity index is 1.85. The van der Waals surface area contributed by atoms with E-state index in [-0.39, 0.29) is 11.4 Å². The molecule has 1 aliphatic rings. The van der Waals surface area contributed by atoms with Crippen LogP contribution in [0.1, 0.15) is 19.8 Å². The summed E-state index contributed by atoms with van der Waals surface area (Å²) in [6.07, 6.45) is 1.91. The first-order chi connectivity index (χ1) is 8.11. The van der Waals surface area contributed by atoms with Crippen LogP contribution in [0.3, 0.4) is 0 Å². The number of hydrogen-bond donors (Lipinski definition) is 1. The maximum atomic E-state index is 11.5. The molecule has 0 heterocycles. The lowest BCUT2D eigenvalue weighted by molar-refractivity contribution is -0.121. The monoisotopic (exact) mass is 253 g/mol. The lowest BCUT2D eigenvalue weighted by atomic mass is 10.2. The van der Waals surface area contributed by atoms with Crippen LogP contribution >= 0.6 is 11.6 Å². The third kappa shape index (κ3) is 3.37. The SMILES string of the molecule is CC(Cl)C(=O)NC1(COc2ccccc2)CC1. The standard InChI is InChI=1S/C13H16ClNO2/c1-10(14)12(16)15-13(7-8-13)9-17-11-5-3-2-4-6-11/h2-6,10H,7-9H2,1H3,(H,15,16). The van der Waals surface area contributed by atoms with Gasteiger partial charge in [-0.15, -0.1) is 11.6 Å². The molecule has 1 aromatic carbocycles. The first-order valence-electron chi connectivity index (χ1n) is 5.75. The summed E-state index contributed by atoms with van der Waals surface area (Å²) in [4.78, 5) is 11.5. The fourth-order valence-electron chi connectivity index (χ4n) is 1.56. The Morgan fingerprint density at radius 2 is 2.12 bits per heavy atom. The van der Waals surface area contributed by atoms with Gasteiger partial charge in [0.2, 0.25) is 5.91 Å². The molecule has 1 atom stereocenters. The van der Waals surface area contributed by atoms with Crippen molar-refractivity contribution in [3.05, 3.63) is 30.3 Å². The van der Waals surface area contributed by atoms with Gasteiger partial charge >= 0.3 is 0 Å². The number of para-hydroxylation sites is 1. The Labute approximate surface area is 106 Å². The van der Waals surface area contributed by atoms with E-state index in [0.29, 0.717) is 6.61 Å². The van der Waals surface area contributed by atoms with Crippen molar-refractivity contribution >= 4 is 17.5 Å². The Morgan fingerprint density at radius 1 is 1.47 bits per heavy atom. The highest BCUT2D eigenvalue weighted by atomic mass is 35.5. The van der Waals surface area contributed by atoms with E-state index in [4.69, 9.17) is 16.3 Å². The molecule has 0 bridgehead atoms. The minimum absolute atomic E-state index is 0.124. The van der Waals surface area contributed by atoms with Crippen molar-refractivity contribution in [2.45, 2.75) is 30.7 Å². The highest BCUT2D eigenvalue weighted by Crippen LogP contribution is 2.36. The molecule has 4 heteroatoms. The fourth-order valence-corrected chi connectivity index (χ4v) is 1.61. The maximum Gasteiger partial charge on any atom is 0.238 e. The van der Waals surface area contributed by atoms with E-state index in [1.807, 2.05) is 30.3 Å². The molecule has 17 heavy (non-hydrogen) atoms. The molecule has 1 unspecified atom stereocenters. The molecule has 1 amide bonds. The summed E-state index contributed by atoms with van der Waals surface area (Å²) in [6.45, 7) is 2.18. The molecule has 92 valence electrons. The van der Waals surface area contributed by atoms with Gasteiger partial charge in [0.05, 0.1) is 5.54 Å². The number of carbonyl (C=O) groups is 1. The third-order valence-electron chi connectivity index (χ3n) is 2.86. The number of hydrogen-bond acceptors (Lipinski definition) is 2. The predicted molar refractivity (Wildman–Crippen MR) is 67.4 cm³/mol. The molecule has 0 aromatic heterocycles. The van der Waals surface area contributed by atoms with Gasteiger partial charge < -0.3 is 10.1 Å². The normalized spacial score (nSPS) is 18.2. The molecule has 3 nitrogen and oxygen atoms in total. The summed E-state index contributed by atoms with van der Waals surface area (Å²) in [5, 5.41) is 2.45. The Bertz CT molecular complexity index is 388. The number of alkyl halides is 1. The zero-order valence-electron chi connectivity index (χ0n) is 9.78. The van der Waals surface area contributed by atoms with Crippen LogP contribution in [0.2, 0.25) is 0 Å². The molecule has 1 aromatic rings. The molecule has 0 saturated heterocycles. The fraction of sp³-hybridized carbons (Fsp3) is 0.462. The number of benzene rings is 1. The predicted octanol–water partition coefficient (Wildman–Crippen LogP) is 2.34. The second-order valence-corrected chi connectivity index (χ2v) is 5.14. The highest BCUT2D eigenvalue weighted by Gasteiger charge is 2.45. The van der Waals surface area contributed by atoms with Gasteiger partial charge in [0.1, 0.15) is 17.7 Å². The average Bonchev–Trinajstić information content (AvgIpc) is 3.08. The van der Waals surface area contributed by atoms with Crippen molar-refractivity contribution in [1.29, 1.82) is 0 Å². The number of halogens is 1. The van der Waals surface area contributed by atoms with Crippen LogP contribution in [0, 0.1) is 0 Å². The van der Waals surface area contributed by atoms with Gasteiger partial charge in [-0.3, -0.25) is 4.79 Å². The molecule has 2 rings (SSSR count). The summed E-state index contributed by atoms with van der Waals surface area (Å²) in [6, 6.07) is 9.60. The molecule has 1 saturated carbocycles. The van der Waals surface area contributed by atoms with Crippen LogP contribution in [0.25, 0.3) is 0 Å². The van der Waals surface area contributed by atoms with Crippen LogP contribution in [0.5, 0.6) is 5.75 Å². The van der Waals surface area contributed by atoms with Crippen molar-refractivity contribution < 1.29 is 9.53 Å². The van der Waals surface area contributed by atoms with Gasteiger partial charge in [0.15, 0.2) is 0 Å². The molecule has 0 spiro atoms. The van der Waals surface area contributed by atoms with Crippen LogP contribution in [0.4, 0.5) is 0 Å². The first-order valence-corrected chi connectivity index (χ1v) is 6.19. The number of nitrogens with one attached hydrogen (secondary N) is 1. The van der Waals surface area contributed by atoms with E-state index in [2.05, 4.69) is 5.32 Å². The van der Waals surface area contributed by atoms with Gasteiger partial charge in [-0.05, 0) is 31.9 Å². The van der Waals surface area contributed by atoms with E-state index in [0.717, 1.165) is 18.6 Å². The third-order valence-corrected chi connectivity index (χ3v) is 3.06. The van der Waals surface area contributed by atoms with Crippen molar-refractivity contribution in [3.8, 4) is 5.75 Å². The first kappa shape index (κ1) is 12.2. The topological polar surface area (TPSA) is 38.3 Å². The minimum atomic E-state index is -0.496. The quantitative estimate of drug-likeness (QED) is 0.818. The summed E-state index contributed by atoms with van der Waals surface area (Å²) in [5.74, 6) is 0.702. The molecule has 0 aliphatic heterocycles. The zero-order valence-corrected chi connectivity index (χ0v) is 10.5. The van der Waals surface area contributed by atoms with Crippen molar-refractivity contribution in [2.24, 2.45) is 0 Å². The molecule has 1 N–H and O–H groups in total. The molecular formula is C13H16ClNO2. The minimum Gasteiger partial charge on any atom is -0.491 e. The van der Waals surface area contributed by atoms with Crippen LogP contribution in [0.15, 0.2) is 30.3 Å². The van der Waals surface area contributed by atoms with E-state index in [9.17, 15) is 4.79 Å². The molecule has 1 fully saturated rings. The van der Waals surface area contributed by atoms with Crippen LogP contribution < -0.4 is 10.1 Å². The van der Waals surface area contributed by atoms with Crippen molar-refractivity contribution in [2.75, 3.05) is 6.61 Å². The molecular weight excluding hydrogens is 238 g/mol. The van der Waals surface area contributed by atoms with E-state index >= 15 is 0 Å². The van der Waals surface area contributed by atoms with Gasteiger partial charge in [-0.1, -0.05) is 18.2 Å². The second kappa shape index (κ2) is 4.96. The summed E-state index contributed by atoms with van der Waals surface area (Å²) >= 11 is 5.73. The molecule has 1 aliphatic carbocycles. The van der Waals surface area contributed by atoms with Crippen LogP contribution in [-0.4, -0.2) is 23.4 Å². The van der Waals surface area contributed by atoms with Crippen molar-refractivity contribution in [1.82, 2.24) is 5.32 Å². The number of carbonyl (C=O) groups excluding carboxylic acids is 1. The van der Waals surface area contributed by atoms with E-state index < -0.39 is 5.38 Å². The van der Waals surface area contributed by atoms with Gasteiger partial charge in [-0.2, -0.15) is 0 Å². The van der Waals surface area contributed by atoms with Crippen molar-refractivity contribution in [3.63, 3.8) is 0 Å². The number of ether oxygens (including phenoxy) is 1. The summed E-state index contributed by atoms with van der Waals surface area (Å²) < 4.78 is 5.66. The van der Waals surface area contributed by atoms with E-state index in [1.54, 1.807) is 6.92 Å². The Kier molecular flexibility index (Phi) is 3.57. The lowest BCUT2D eigenvalue weighted by Gasteiger charge is -2.18. The lowest BCUT2D eigenvalue weighted by Crippen LogP contribution is -2.44. The number of amides is 1. The van der Waals surface area contributed by atoms with Gasteiger partial charge in [0, 0.05) is 0 Å². The second-order valence-electron chi connectivity index (χ2n) is 4.49. The average molecular weight is 254 g/mol. The molecule has 0 radical (unpaired) electrons. The van der Waals surface area contributed by atoms with Gasteiger partial charge in [0.25, 0.3) is 0 Å². The summed E-state index contributed by atoms with van der Waals surface area (Å²) in [7, 11) is 0. The summed E-state index contributed by atoms with van der Waals surface area (Å²) in [5.41, 5.74) is -0.198. The highest BCUT2D eigenvalue weighted by molar-refractivity contribution is 6.30. The number of rotatable bonds is 5.